The van der Waals surface area contributed by atoms with Crippen LogP contribution in [0.5, 0.6) is 5.88 Å². The first kappa shape index (κ1) is 15.6. The van der Waals surface area contributed by atoms with Crippen LogP contribution in [0.1, 0.15) is 18.4 Å². The SMILES string of the molecule is COc1ncc(N)cc1C=CC1CCC(C(F)(F)F)OC1. The molecule has 1 aliphatic rings. The zero-order chi connectivity index (χ0) is 15.5. The van der Waals surface area contributed by atoms with E-state index in [1.165, 1.54) is 13.3 Å². The van der Waals surface area contributed by atoms with E-state index in [1.807, 2.05) is 6.08 Å². The van der Waals surface area contributed by atoms with E-state index in [2.05, 4.69) is 4.98 Å². The summed E-state index contributed by atoms with van der Waals surface area (Å²) in [5.74, 6) is 0.361. The second-order valence-electron chi connectivity index (χ2n) is 4.93. The van der Waals surface area contributed by atoms with Crippen molar-refractivity contribution in [2.45, 2.75) is 25.1 Å². The molecule has 2 atom stereocenters. The van der Waals surface area contributed by atoms with Crippen molar-refractivity contribution in [3.05, 3.63) is 23.9 Å². The number of halogens is 3. The molecule has 0 amide bonds. The molecule has 0 aliphatic carbocycles. The van der Waals surface area contributed by atoms with Gasteiger partial charge in [0.2, 0.25) is 5.88 Å². The lowest BCUT2D eigenvalue weighted by molar-refractivity contribution is -0.233. The standard InChI is InChI=1S/C14H17F3N2O2/c1-20-13-10(6-11(18)7-19-13)4-2-9-3-5-12(21-8-9)14(15,16)17/h2,4,6-7,9,12H,3,5,8,18H2,1H3. The van der Waals surface area contributed by atoms with E-state index in [9.17, 15) is 13.2 Å². The van der Waals surface area contributed by atoms with Crippen molar-refractivity contribution in [2.24, 2.45) is 5.92 Å². The Morgan fingerprint density at radius 1 is 1.43 bits per heavy atom. The van der Waals surface area contributed by atoms with Gasteiger partial charge in [-0.15, -0.1) is 0 Å². The van der Waals surface area contributed by atoms with Gasteiger partial charge in [0.25, 0.3) is 0 Å². The summed E-state index contributed by atoms with van der Waals surface area (Å²) in [6, 6.07) is 1.70. The molecule has 0 aromatic carbocycles. The van der Waals surface area contributed by atoms with E-state index < -0.39 is 12.3 Å². The molecule has 0 radical (unpaired) electrons. The molecule has 21 heavy (non-hydrogen) atoms. The topological polar surface area (TPSA) is 57.4 Å². The Balaban J connectivity index is 1.99. The Hall–Kier alpha value is -1.76. The van der Waals surface area contributed by atoms with Gasteiger partial charge >= 0.3 is 6.18 Å². The van der Waals surface area contributed by atoms with Crippen molar-refractivity contribution in [2.75, 3.05) is 19.5 Å². The third-order valence-electron chi connectivity index (χ3n) is 3.32. The molecule has 1 aliphatic heterocycles. The molecule has 1 aromatic rings. The highest BCUT2D eigenvalue weighted by Crippen LogP contribution is 2.32. The minimum absolute atomic E-state index is 0.0230. The number of nitrogens with two attached hydrogens (primary N) is 1. The summed E-state index contributed by atoms with van der Waals surface area (Å²) in [6.07, 6.45) is -0.478. The zero-order valence-electron chi connectivity index (χ0n) is 11.6. The molecule has 0 bridgehead atoms. The van der Waals surface area contributed by atoms with Gasteiger partial charge in [0.05, 0.1) is 25.6 Å². The summed E-state index contributed by atoms with van der Waals surface area (Å²) in [6.45, 7) is 0.0543. The van der Waals surface area contributed by atoms with Crippen LogP contribution in [-0.2, 0) is 4.74 Å². The Bertz CT molecular complexity index is 509. The molecule has 2 heterocycles. The van der Waals surface area contributed by atoms with Crippen molar-refractivity contribution in [1.29, 1.82) is 0 Å². The quantitative estimate of drug-likeness (QED) is 0.932. The van der Waals surface area contributed by atoms with E-state index in [1.54, 1.807) is 12.1 Å². The van der Waals surface area contributed by atoms with Crippen LogP contribution in [0.4, 0.5) is 18.9 Å². The van der Waals surface area contributed by atoms with E-state index >= 15 is 0 Å². The summed E-state index contributed by atoms with van der Waals surface area (Å²) >= 11 is 0. The third-order valence-corrected chi connectivity index (χ3v) is 3.32. The molecule has 4 nitrogen and oxygen atoms in total. The van der Waals surface area contributed by atoms with Crippen LogP contribution in [0, 0.1) is 5.92 Å². The number of hydrogen-bond donors (Lipinski definition) is 1. The number of methoxy groups -OCH3 is 1. The van der Waals surface area contributed by atoms with Gasteiger partial charge < -0.3 is 15.2 Å². The number of nitrogen functional groups attached to an aromatic ring is 1. The highest BCUT2D eigenvalue weighted by Gasteiger charge is 2.42. The molecule has 7 heteroatoms. The van der Waals surface area contributed by atoms with E-state index in [0.29, 0.717) is 23.6 Å². The highest BCUT2D eigenvalue weighted by molar-refractivity contribution is 5.59. The van der Waals surface area contributed by atoms with E-state index in [0.717, 1.165) is 0 Å². The molecule has 1 saturated heterocycles. The van der Waals surface area contributed by atoms with Crippen LogP contribution in [0.15, 0.2) is 18.3 Å². The lowest BCUT2D eigenvalue weighted by Gasteiger charge is -2.28. The Labute approximate surface area is 120 Å². The fraction of sp³-hybridized carbons (Fsp3) is 0.500. The Morgan fingerprint density at radius 3 is 2.76 bits per heavy atom. The number of anilines is 1. The Kier molecular flexibility index (Phi) is 4.72. The molecule has 2 rings (SSSR count). The first-order valence-electron chi connectivity index (χ1n) is 6.56. The minimum Gasteiger partial charge on any atom is -0.481 e. The molecule has 0 spiro atoms. The lowest BCUT2D eigenvalue weighted by Crippen LogP contribution is -2.37. The van der Waals surface area contributed by atoms with Crippen molar-refractivity contribution >= 4 is 11.8 Å². The second kappa shape index (κ2) is 6.34. The highest BCUT2D eigenvalue weighted by atomic mass is 19.4. The number of rotatable bonds is 3. The maximum atomic E-state index is 12.5. The first-order valence-corrected chi connectivity index (χ1v) is 6.56. The van der Waals surface area contributed by atoms with Crippen LogP contribution in [0.3, 0.4) is 0 Å². The summed E-state index contributed by atoms with van der Waals surface area (Å²) in [4.78, 5) is 4.03. The molecule has 1 aromatic heterocycles. The second-order valence-corrected chi connectivity index (χ2v) is 4.93. The fourth-order valence-electron chi connectivity index (χ4n) is 2.20. The molecule has 116 valence electrons. The normalized spacial score (nSPS) is 23.4. The van der Waals surface area contributed by atoms with Crippen molar-refractivity contribution in [1.82, 2.24) is 4.98 Å². The number of aromatic nitrogens is 1. The van der Waals surface area contributed by atoms with Gasteiger partial charge in [-0.3, -0.25) is 0 Å². The van der Waals surface area contributed by atoms with E-state index in [-0.39, 0.29) is 18.9 Å². The Morgan fingerprint density at radius 2 is 2.19 bits per heavy atom. The predicted octanol–water partition coefficient (Wildman–Crippen LogP) is 3.04. The van der Waals surface area contributed by atoms with Gasteiger partial charge in [-0.05, 0) is 18.9 Å². The predicted molar refractivity (Wildman–Crippen MR) is 72.8 cm³/mol. The van der Waals surface area contributed by atoms with Gasteiger partial charge in [-0.1, -0.05) is 12.2 Å². The van der Waals surface area contributed by atoms with Gasteiger partial charge in [0.15, 0.2) is 6.10 Å². The number of pyridine rings is 1. The number of nitrogens with zero attached hydrogens (tertiary/aromatic N) is 1. The minimum atomic E-state index is -4.28. The molecule has 2 unspecified atom stereocenters. The summed E-state index contributed by atoms with van der Waals surface area (Å²) in [5, 5.41) is 0. The van der Waals surface area contributed by atoms with E-state index in [4.69, 9.17) is 15.2 Å². The fourth-order valence-corrected chi connectivity index (χ4v) is 2.20. The average molecular weight is 302 g/mol. The van der Waals surface area contributed by atoms with Gasteiger partial charge in [-0.2, -0.15) is 13.2 Å². The number of alkyl halides is 3. The van der Waals surface area contributed by atoms with Crippen LogP contribution in [0.25, 0.3) is 6.08 Å². The van der Waals surface area contributed by atoms with Crippen LogP contribution in [-0.4, -0.2) is 31.0 Å². The van der Waals surface area contributed by atoms with Crippen LogP contribution < -0.4 is 10.5 Å². The summed E-state index contributed by atoms with van der Waals surface area (Å²) < 4.78 is 47.4. The van der Waals surface area contributed by atoms with Crippen LogP contribution >= 0.6 is 0 Å². The van der Waals surface area contributed by atoms with Gasteiger partial charge in [-0.25, -0.2) is 4.98 Å². The van der Waals surface area contributed by atoms with Gasteiger partial charge in [0.1, 0.15) is 0 Å². The number of ether oxygens (including phenoxy) is 2. The average Bonchev–Trinajstić information content (AvgIpc) is 2.45. The first-order chi connectivity index (χ1) is 9.90. The monoisotopic (exact) mass is 302 g/mol. The lowest BCUT2D eigenvalue weighted by atomic mass is 9.97. The molecular formula is C14H17F3N2O2. The van der Waals surface area contributed by atoms with Crippen molar-refractivity contribution < 1.29 is 22.6 Å². The third kappa shape index (κ3) is 4.10. The maximum Gasteiger partial charge on any atom is 0.414 e. The summed E-state index contributed by atoms with van der Waals surface area (Å²) in [7, 11) is 1.49. The van der Waals surface area contributed by atoms with Crippen molar-refractivity contribution in [3.63, 3.8) is 0 Å². The maximum absolute atomic E-state index is 12.5. The zero-order valence-corrected chi connectivity index (χ0v) is 11.6. The van der Waals surface area contributed by atoms with Crippen LogP contribution in [0.2, 0.25) is 0 Å². The number of hydrogen-bond acceptors (Lipinski definition) is 4. The molecule has 0 saturated carbocycles. The smallest absolute Gasteiger partial charge is 0.414 e. The molecular weight excluding hydrogens is 285 g/mol. The largest absolute Gasteiger partial charge is 0.481 e. The molecule has 2 N–H and O–H groups in total. The summed E-state index contributed by atoms with van der Waals surface area (Å²) in [5.41, 5.74) is 6.84. The van der Waals surface area contributed by atoms with Crippen molar-refractivity contribution in [3.8, 4) is 5.88 Å². The molecule has 1 fully saturated rings. The van der Waals surface area contributed by atoms with Gasteiger partial charge in [0, 0.05) is 11.5 Å².